The van der Waals surface area contributed by atoms with Gasteiger partial charge in [0.1, 0.15) is 5.75 Å². The molecule has 112 valence electrons. The highest BCUT2D eigenvalue weighted by molar-refractivity contribution is 6.30. The Balaban J connectivity index is 2.30. The minimum atomic E-state index is -0.728. The standard InChI is InChI=1S/C15H22ClNO3/c1-11(3-6-15(18)19)7-8-17-10-12-9-13(16)4-5-14(12)20-2/h4-5,9,11,17H,3,6-8,10H2,1-2H3,(H,18,19). The summed E-state index contributed by atoms with van der Waals surface area (Å²) in [6, 6.07) is 5.55. The first kappa shape index (κ1) is 16.8. The van der Waals surface area contributed by atoms with Gasteiger partial charge in [0.2, 0.25) is 0 Å². The zero-order valence-electron chi connectivity index (χ0n) is 12.0. The smallest absolute Gasteiger partial charge is 0.303 e. The van der Waals surface area contributed by atoms with Crippen LogP contribution in [0.15, 0.2) is 18.2 Å². The number of halogens is 1. The monoisotopic (exact) mass is 299 g/mol. The lowest BCUT2D eigenvalue weighted by molar-refractivity contribution is -0.137. The Labute approximate surface area is 125 Å². The van der Waals surface area contributed by atoms with Gasteiger partial charge in [-0.2, -0.15) is 0 Å². The van der Waals surface area contributed by atoms with Gasteiger partial charge < -0.3 is 15.2 Å². The topological polar surface area (TPSA) is 58.6 Å². The number of aliphatic carboxylic acids is 1. The maximum absolute atomic E-state index is 10.5. The molecule has 0 spiro atoms. The van der Waals surface area contributed by atoms with Crippen molar-refractivity contribution >= 4 is 17.6 Å². The van der Waals surface area contributed by atoms with Gasteiger partial charge in [0.05, 0.1) is 7.11 Å². The van der Waals surface area contributed by atoms with Crippen molar-refractivity contribution in [2.45, 2.75) is 32.7 Å². The average molecular weight is 300 g/mol. The van der Waals surface area contributed by atoms with Gasteiger partial charge in [0.25, 0.3) is 0 Å². The summed E-state index contributed by atoms with van der Waals surface area (Å²) in [7, 11) is 1.64. The maximum atomic E-state index is 10.5. The minimum Gasteiger partial charge on any atom is -0.496 e. The number of hydrogen-bond acceptors (Lipinski definition) is 3. The van der Waals surface area contributed by atoms with Crippen LogP contribution in [0.3, 0.4) is 0 Å². The first-order valence-electron chi connectivity index (χ1n) is 6.78. The van der Waals surface area contributed by atoms with Crippen LogP contribution in [0.4, 0.5) is 0 Å². The summed E-state index contributed by atoms with van der Waals surface area (Å²) in [5.41, 5.74) is 1.03. The highest BCUT2D eigenvalue weighted by Crippen LogP contribution is 2.22. The van der Waals surface area contributed by atoms with Gasteiger partial charge >= 0.3 is 5.97 Å². The molecule has 20 heavy (non-hydrogen) atoms. The summed E-state index contributed by atoms with van der Waals surface area (Å²) >= 11 is 5.97. The van der Waals surface area contributed by atoms with Crippen LogP contribution in [0.1, 0.15) is 31.7 Å². The zero-order valence-corrected chi connectivity index (χ0v) is 12.7. The van der Waals surface area contributed by atoms with Crippen LogP contribution in [0, 0.1) is 5.92 Å². The van der Waals surface area contributed by atoms with Crippen LogP contribution in [0.25, 0.3) is 0 Å². The Morgan fingerprint density at radius 1 is 1.45 bits per heavy atom. The predicted octanol–water partition coefficient (Wildman–Crippen LogP) is 3.33. The van der Waals surface area contributed by atoms with Gasteiger partial charge in [-0.15, -0.1) is 0 Å². The third-order valence-electron chi connectivity index (χ3n) is 3.22. The fourth-order valence-corrected chi connectivity index (χ4v) is 2.17. The minimum absolute atomic E-state index is 0.239. The molecule has 0 aliphatic carbocycles. The number of hydrogen-bond donors (Lipinski definition) is 2. The first-order chi connectivity index (χ1) is 9.52. The quantitative estimate of drug-likeness (QED) is 0.687. The average Bonchev–Trinajstić information content (AvgIpc) is 2.41. The van der Waals surface area contributed by atoms with Crippen LogP contribution in [0.5, 0.6) is 5.75 Å². The molecule has 0 heterocycles. The molecule has 0 bridgehead atoms. The van der Waals surface area contributed by atoms with E-state index in [4.69, 9.17) is 21.4 Å². The molecule has 0 fully saturated rings. The van der Waals surface area contributed by atoms with E-state index in [2.05, 4.69) is 12.2 Å². The van der Waals surface area contributed by atoms with Gasteiger partial charge in [-0.25, -0.2) is 0 Å². The second kappa shape index (κ2) is 8.82. The highest BCUT2D eigenvalue weighted by Gasteiger charge is 2.06. The third-order valence-corrected chi connectivity index (χ3v) is 3.46. The lowest BCUT2D eigenvalue weighted by atomic mass is 10.0. The number of benzene rings is 1. The molecule has 4 nitrogen and oxygen atoms in total. The van der Waals surface area contributed by atoms with Gasteiger partial charge in [0.15, 0.2) is 0 Å². The second-order valence-electron chi connectivity index (χ2n) is 4.96. The number of methoxy groups -OCH3 is 1. The molecule has 2 N–H and O–H groups in total. The van der Waals surface area contributed by atoms with Crippen molar-refractivity contribution < 1.29 is 14.6 Å². The summed E-state index contributed by atoms with van der Waals surface area (Å²) in [4.78, 5) is 10.5. The summed E-state index contributed by atoms with van der Waals surface area (Å²) in [5.74, 6) is 0.495. The van der Waals surface area contributed by atoms with Crippen molar-refractivity contribution in [3.63, 3.8) is 0 Å². The lowest BCUT2D eigenvalue weighted by Gasteiger charge is -2.12. The molecule has 0 aliphatic rings. The molecule has 1 unspecified atom stereocenters. The van der Waals surface area contributed by atoms with Gasteiger partial charge in [-0.05, 0) is 43.5 Å². The van der Waals surface area contributed by atoms with E-state index in [9.17, 15) is 4.79 Å². The van der Waals surface area contributed by atoms with E-state index in [1.807, 2.05) is 12.1 Å². The summed E-state index contributed by atoms with van der Waals surface area (Å²) in [5, 5.41) is 12.7. The Hall–Kier alpha value is -1.26. The predicted molar refractivity (Wildman–Crippen MR) is 80.4 cm³/mol. The van der Waals surface area contributed by atoms with Gasteiger partial charge in [0, 0.05) is 23.6 Å². The van der Waals surface area contributed by atoms with Crippen molar-refractivity contribution in [3.8, 4) is 5.75 Å². The van der Waals surface area contributed by atoms with E-state index >= 15 is 0 Å². The molecular formula is C15H22ClNO3. The Bertz CT molecular complexity index is 437. The SMILES string of the molecule is COc1ccc(Cl)cc1CNCCC(C)CCC(=O)O. The van der Waals surface area contributed by atoms with E-state index < -0.39 is 5.97 Å². The van der Waals surface area contributed by atoms with Crippen LogP contribution in [-0.4, -0.2) is 24.7 Å². The summed E-state index contributed by atoms with van der Waals surface area (Å²) in [6.45, 7) is 3.61. The number of carbonyl (C=O) groups is 1. The molecule has 0 aliphatic heterocycles. The molecular weight excluding hydrogens is 278 g/mol. The van der Waals surface area contributed by atoms with E-state index in [1.165, 1.54) is 0 Å². The molecule has 1 atom stereocenters. The van der Waals surface area contributed by atoms with E-state index in [-0.39, 0.29) is 6.42 Å². The van der Waals surface area contributed by atoms with Crippen LogP contribution in [0.2, 0.25) is 5.02 Å². The summed E-state index contributed by atoms with van der Waals surface area (Å²) in [6.07, 6.45) is 1.91. The Morgan fingerprint density at radius 2 is 2.20 bits per heavy atom. The maximum Gasteiger partial charge on any atom is 0.303 e. The molecule has 0 saturated heterocycles. The van der Waals surface area contributed by atoms with Gasteiger partial charge in [-0.1, -0.05) is 18.5 Å². The molecule has 0 saturated carbocycles. The molecule has 1 aromatic carbocycles. The van der Waals surface area contributed by atoms with Crippen LogP contribution in [-0.2, 0) is 11.3 Å². The second-order valence-corrected chi connectivity index (χ2v) is 5.40. The molecule has 1 rings (SSSR count). The molecule has 0 amide bonds. The number of rotatable bonds is 9. The zero-order chi connectivity index (χ0) is 15.0. The highest BCUT2D eigenvalue weighted by atomic mass is 35.5. The number of nitrogens with one attached hydrogen (secondary N) is 1. The summed E-state index contributed by atoms with van der Waals surface area (Å²) < 4.78 is 5.28. The van der Waals surface area contributed by atoms with Gasteiger partial charge in [-0.3, -0.25) is 4.79 Å². The molecule has 1 aromatic rings. The van der Waals surface area contributed by atoms with Crippen LogP contribution < -0.4 is 10.1 Å². The number of ether oxygens (including phenoxy) is 1. The van der Waals surface area contributed by atoms with Crippen molar-refractivity contribution in [1.29, 1.82) is 0 Å². The van der Waals surface area contributed by atoms with Crippen molar-refractivity contribution in [2.24, 2.45) is 5.92 Å². The fourth-order valence-electron chi connectivity index (χ4n) is 1.97. The first-order valence-corrected chi connectivity index (χ1v) is 7.15. The third kappa shape index (κ3) is 6.26. The van der Waals surface area contributed by atoms with Crippen LogP contribution >= 0.6 is 11.6 Å². The number of carboxylic acids is 1. The van der Waals surface area contributed by atoms with Crippen molar-refractivity contribution in [2.75, 3.05) is 13.7 Å². The molecule has 0 aromatic heterocycles. The van der Waals surface area contributed by atoms with E-state index in [1.54, 1.807) is 13.2 Å². The van der Waals surface area contributed by atoms with E-state index in [0.29, 0.717) is 17.5 Å². The van der Waals surface area contributed by atoms with Crippen molar-refractivity contribution in [3.05, 3.63) is 28.8 Å². The molecule has 5 heteroatoms. The molecule has 0 radical (unpaired) electrons. The normalized spacial score (nSPS) is 12.2. The Kier molecular flexibility index (Phi) is 7.41. The number of carboxylic acid groups (broad SMARTS) is 1. The lowest BCUT2D eigenvalue weighted by Crippen LogP contribution is -2.17. The Morgan fingerprint density at radius 3 is 2.85 bits per heavy atom. The fraction of sp³-hybridized carbons (Fsp3) is 0.533. The van der Waals surface area contributed by atoms with E-state index in [0.717, 1.165) is 30.7 Å². The van der Waals surface area contributed by atoms with Crippen molar-refractivity contribution in [1.82, 2.24) is 5.32 Å². The largest absolute Gasteiger partial charge is 0.496 e.